The van der Waals surface area contributed by atoms with Crippen molar-refractivity contribution in [3.63, 3.8) is 0 Å². The molecule has 17 heavy (non-hydrogen) atoms. The molecule has 0 saturated carbocycles. The van der Waals surface area contributed by atoms with E-state index in [1.54, 1.807) is 16.8 Å². The van der Waals surface area contributed by atoms with E-state index < -0.39 is 0 Å². The van der Waals surface area contributed by atoms with Crippen molar-refractivity contribution >= 4 is 5.82 Å². The first-order valence-electron chi connectivity index (χ1n) is 5.35. The molecular weight excluding hydrogens is 216 g/mol. The fourth-order valence-corrected chi connectivity index (χ4v) is 1.53. The second-order valence-electron chi connectivity index (χ2n) is 3.59. The first kappa shape index (κ1) is 11.3. The van der Waals surface area contributed by atoms with Crippen molar-refractivity contribution in [1.29, 1.82) is 0 Å². The van der Waals surface area contributed by atoms with Crippen molar-refractivity contribution in [2.24, 2.45) is 5.73 Å². The number of hydrogen-bond acceptors (Lipinski definition) is 4. The molecule has 0 bridgehead atoms. The van der Waals surface area contributed by atoms with Crippen LogP contribution in [0, 0.1) is 0 Å². The van der Waals surface area contributed by atoms with Crippen LogP contribution in [0.25, 0.3) is 0 Å². The molecule has 0 radical (unpaired) electrons. The summed E-state index contributed by atoms with van der Waals surface area (Å²) in [5.74, 6) is 0.502. The van der Waals surface area contributed by atoms with Gasteiger partial charge in [-0.2, -0.15) is 4.98 Å². The van der Waals surface area contributed by atoms with Crippen molar-refractivity contribution in [3.05, 3.63) is 58.6 Å². The Morgan fingerprint density at radius 3 is 2.65 bits per heavy atom. The van der Waals surface area contributed by atoms with Gasteiger partial charge in [-0.15, -0.1) is 0 Å². The molecule has 2 aromatic rings. The quantitative estimate of drug-likeness (QED) is 0.755. The predicted molar refractivity (Wildman–Crippen MR) is 66.7 cm³/mol. The SMILES string of the molecule is NCNc1ccn(Cc2ccccc2)c(=O)n1. The molecule has 0 unspecified atom stereocenters. The lowest BCUT2D eigenvalue weighted by atomic mass is 10.2. The maximum absolute atomic E-state index is 11.7. The zero-order chi connectivity index (χ0) is 12.1. The first-order chi connectivity index (χ1) is 8.29. The molecule has 0 fully saturated rings. The van der Waals surface area contributed by atoms with Crippen LogP contribution >= 0.6 is 0 Å². The van der Waals surface area contributed by atoms with Crippen molar-refractivity contribution < 1.29 is 0 Å². The highest BCUT2D eigenvalue weighted by molar-refractivity contribution is 5.31. The molecule has 1 aromatic heterocycles. The summed E-state index contributed by atoms with van der Waals surface area (Å²) in [6, 6.07) is 11.5. The minimum absolute atomic E-state index is 0.259. The normalized spacial score (nSPS) is 10.2. The van der Waals surface area contributed by atoms with Gasteiger partial charge in [-0.1, -0.05) is 30.3 Å². The Bertz CT molecular complexity index is 536. The summed E-state index contributed by atoms with van der Waals surface area (Å²) in [7, 11) is 0. The maximum atomic E-state index is 11.7. The summed E-state index contributed by atoms with van der Waals surface area (Å²) in [5.41, 5.74) is 6.09. The largest absolute Gasteiger partial charge is 0.358 e. The molecule has 2 rings (SSSR count). The van der Waals surface area contributed by atoms with Crippen molar-refractivity contribution in [3.8, 4) is 0 Å². The minimum Gasteiger partial charge on any atom is -0.358 e. The Kier molecular flexibility index (Phi) is 3.52. The highest BCUT2D eigenvalue weighted by atomic mass is 16.1. The van der Waals surface area contributed by atoms with Crippen LogP contribution in [0.4, 0.5) is 5.82 Å². The molecule has 1 heterocycles. The fourth-order valence-electron chi connectivity index (χ4n) is 1.53. The summed E-state index contributed by atoms with van der Waals surface area (Å²) in [6.45, 7) is 0.782. The Morgan fingerprint density at radius 1 is 1.24 bits per heavy atom. The third kappa shape index (κ3) is 2.92. The minimum atomic E-state index is -0.285. The van der Waals surface area contributed by atoms with E-state index in [0.29, 0.717) is 12.4 Å². The third-order valence-electron chi connectivity index (χ3n) is 2.35. The number of rotatable bonds is 4. The Hall–Kier alpha value is -2.14. The van der Waals surface area contributed by atoms with Gasteiger partial charge >= 0.3 is 5.69 Å². The number of anilines is 1. The molecule has 88 valence electrons. The first-order valence-corrected chi connectivity index (χ1v) is 5.35. The van der Waals surface area contributed by atoms with Crippen molar-refractivity contribution in [2.45, 2.75) is 6.54 Å². The number of benzene rings is 1. The molecule has 0 amide bonds. The van der Waals surface area contributed by atoms with Crippen LogP contribution in [0.1, 0.15) is 5.56 Å². The average Bonchev–Trinajstić information content (AvgIpc) is 2.34. The molecule has 0 aliphatic rings. The van der Waals surface area contributed by atoms with Crippen molar-refractivity contribution in [2.75, 3.05) is 12.0 Å². The van der Waals surface area contributed by atoms with E-state index in [4.69, 9.17) is 5.73 Å². The number of nitrogens with one attached hydrogen (secondary N) is 1. The molecule has 0 aliphatic carbocycles. The molecule has 5 heteroatoms. The second-order valence-corrected chi connectivity index (χ2v) is 3.59. The van der Waals surface area contributed by atoms with E-state index in [1.807, 2.05) is 30.3 Å². The summed E-state index contributed by atoms with van der Waals surface area (Å²) in [4.78, 5) is 15.6. The monoisotopic (exact) mass is 230 g/mol. The standard InChI is InChI=1S/C12H14N4O/c13-9-14-11-6-7-16(12(17)15-11)8-10-4-2-1-3-5-10/h1-7H,8-9,13H2,(H,14,15,17). The summed E-state index contributed by atoms with van der Waals surface area (Å²) in [5, 5.41) is 2.79. The lowest BCUT2D eigenvalue weighted by Gasteiger charge is -2.06. The van der Waals surface area contributed by atoms with E-state index >= 15 is 0 Å². The summed E-state index contributed by atoms with van der Waals surface area (Å²) in [6.07, 6.45) is 1.71. The molecule has 0 spiro atoms. The Morgan fingerprint density at radius 2 is 2.00 bits per heavy atom. The summed E-state index contributed by atoms with van der Waals surface area (Å²) < 4.78 is 1.55. The molecule has 1 aromatic carbocycles. The van der Waals surface area contributed by atoms with Crippen LogP contribution < -0.4 is 16.7 Å². The molecule has 3 N–H and O–H groups in total. The molecule has 0 aliphatic heterocycles. The van der Waals surface area contributed by atoms with Crippen LogP contribution in [0.15, 0.2) is 47.4 Å². The van der Waals surface area contributed by atoms with Gasteiger partial charge in [0, 0.05) is 6.20 Å². The molecular formula is C12H14N4O. The van der Waals surface area contributed by atoms with Crippen LogP contribution in [0.2, 0.25) is 0 Å². The number of hydrogen-bond donors (Lipinski definition) is 2. The third-order valence-corrected chi connectivity index (χ3v) is 2.35. The lowest BCUT2D eigenvalue weighted by Crippen LogP contribution is -2.24. The zero-order valence-corrected chi connectivity index (χ0v) is 9.34. The van der Waals surface area contributed by atoms with E-state index in [0.717, 1.165) is 5.56 Å². The number of aromatic nitrogens is 2. The molecule has 0 saturated heterocycles. The number of nitrogens with zero attached hydrogens (tertiary/aromatic N) is 2. The smallest absolute Gasteiger partial charge is 0.349 e. The molecule has 5 nitrogen and oxygen atoms in total. The van der Waals surface area contributed by atoms with E-state index in [2.05, 4.69) is 10.3 Å². The van der Waals surface area contributed by atoms with Gasteiger partial charge in [0.25, 0.3) is 0 Å². The average molecular weight is 230 g/mol. The highest BCUT2D eigenvalue weighted by Gasteiger charge is 2.00. The van der Waals surface area contributed by atoms with Gasteiger partial charge in [0.1, 0.15) is 5.82 Å². The van der Waals surface area contributed by atoms with E-state index in [1.165, 1.54) is 0 Å². The topological polar surface area (TPSA) is 72.9 Å². The van der Waals surface area contributed by atoms with E-state index in [9.17, 15) is 4.79 Å². The second kappa shape index (κ2) is 5.27. The Balaban J connectivity index is 2.20. The fraction of sp³-hybridized carbons (Fsp3) is 0.167. The Labute approximate surface area is 98.9 Å². The van der Waals surface area contributed by atoms with Crippen LogP contribution in [-0.2, 0) is 6.54 Å². The van der Waals surface area contributed by atoms with Gasteiger partial charge in [0.05, 0.1) is 13.2 Å². The lowest BCUT2D eigenvalue weighted by molar-refractivity contribution is 0.728. The van der Waals surface area contributed by atoms with Gasteiger partial charge in [-0.05, 0) is 11.6 Å². The molecule has 0 atom stereocenters. The van der Waals surface area contributed by atoms with Gasteiger partial charge < -0.3 is 11.1 Å². The van der Waals surface area contributed by atoms with Crippen LogP contribution in [0.5, 0.6) is 0 Å². The van der Waals surface area contributed by atoms with Gasteiger partial charge in [0.15, 0.2) is 0 Å². The van der Waals surface area contributed by atoms with Crippen LogP contribution in [-0.4, -0.2) is 16.2 Å². The van der Waals surface area contributed by atoms with Crippen molar-refractivity contribution in [1.82, 2.24) is 9.55 Å². The van der Waals surface area contributed by atoms with E-state index in [-0.39, 0.29) is 12.4 Å². The maximum Gasteiger partial charge on any atom is 0.349 e. The van der Waals surface area contributed by atoms with Crippen LogP contribution in [0.3, 0.4) is 0 Å². The van der Waals surface area contributed by atoms with Gasteiger partial charge in [-0.3, -0.25) is 4.57 Å². The zero-order valence-electron chi connectivity index (χ0n) is 9.34. The highest BCUT2D eigenvalue weighted by Crippen LogP contribution is 2.01. The predicted octanol–water partition coefficient (Wildman–Crippen LogP) is 0.620. The van der Waals surface area contributed by atoms with Gasteiger partial charge in [-0.25, -0.2) is 4.79 Å². The summed E-state index contributed by atoms with van der Waals surface area (Å²) >= 11 is 0. The van der Waals surface area contributed by atoms with Gasteiger partial charge in [0.2, 0.25) is 0 Å². The number of nitrogens with two attached hydrogens (primary N) is 1.